The maximum atomic E-state index is 5.39. The van der Waals surface area contributed by atoms with E-state index in [1.54, 1.807) is 0 Å². The molecule has 0 spiro atoms. The molecule has 1 aliphatic rings. The van der Waals surface area contributed by atoms with Gasteiger partial charge in [-0.1, -0.05) is 20.3 Å². The molecule has 0 aromatic rings. The summed E-state index contributed by atoms with van der Waals surface area (Å²) in [5.74, 6) is 1.58. The summed E-state index contributed by atoms with van der Waals surface area (Å²) in [5, 5.41) is 0. The molecule has 0 unspecified atom stereocenters. The molecule has 11 heavy (non-hydrogen) atoms. The molecule has 0 bridgehead atoms. The molecule has 0 aromatic heterocycles. The van der Waals surface area contributed by atoms with Crippen molar-refractivity contribution in [2.24, 2.45) is 27.6 Å². The lowest BCUT2D eigenvalue weighted by Crippen LogP contribution is -2.24. The number of nitrogens with zero attached hydrogens (tertiary/aromatic N) is 2. The minimum Gasteiger partial charge on any atom is -0.368 e. The molecular weight excluding hydrogens is 138 g/mol. The second-order valence-electron chi connectivity index (χ2n) is 3.03. The van der Waals surface area contributed by atoms with Crippen LogP contribution in [-0.2, 0) is 0 Å². The largest absolute Gasteiger partial charge is 0.368 e. The Morgan fingerprint density at radius 1 is 1.82 bits per heavy atom. The number of guanidine groups is 1. The van der Waals surface area contributed by atoms with Gasteiger partial charge in [0.1, 0.15) is 0 Å². The molecule has 1 rings (SSSR count). The quantitative estimate of drug-likeness (QED) is 0.633. The lowest BCUT2D eigenvalue weighted by Gasteiger charge is -2.18. The average molecular weight is 153 g/mol. The maximum absolute atomic E-state index is 5.39. The van der Waals surface area contributed by atoms with Gasteiger partial charge in [0, 0.05) is 12.1 Å². The zero-order valence-electron chi connectivity index (χ0n) is 7.12. The Labute approximate surface area is 67.4 Å². The van der Waals surface area contributed by atoms with Gasteiger partial charge >= 0.3 is 0 Å². The molecule has 0 fully saturated rings. The third-order valence-electron chi connectivity index (χ3n) is 2.24. The van der Waals surface area contributed by atoms with Crippen molar-refractivity contribution in [3.05, 3.63) is 0 Å². The molecule has 3 nitrogen and oxygen atoms in total. The number of aliphatic imine (C=N–C) groups is 2. The monoisotopic (exact) mass is 153 g/mol. The molecule has 3 heteroatoms. The van der Waals surface area contributed by atoms with E-state index in [1.807, 2.05) is 6.21 Å². The molecule has 1 aliphatic heterocycles. The number of hydrogen-bond acceptors (Lipinski definition) is 3. The smallest absolute Gasteiger partial charge is 0.214 e. The molecule has 0 aromatic carbocycles. The highest BCUT2D eigenvalue weighted by atomic mass is 15.0. The Hall–Kier alpha value is -0.860. The van der Waals surface area contributed by atoms with Crippen LogP contribution >= 0.6 is 0 Å². The summed E-state index contributed by atoms with van der Waals surface area (Å²) in [5.41, 5.74) is 5.39. The summed E-state index contributed by atoms with van der Waals surface area (Å²) < 4.78 is 0. The minimum atomic E-state index is 0.421. The summed E-state index contributed by atoms with van der Waals surface area (Å²) in [6.07, 6.45) is 3.10. The molecule has 2 N–H and O–H groups in total. The van der Waals surface area contributed by atoms with Crippen molar-refractivity contribution in [2.45, 2.75) is 20.3 Å². The molecular formula is C8H15N3. The van der Waals surface area contributed by atoms with Gasteiger partial charge in [-0.05, 0) is 5.92 Å². The third-order valence-corrected chi connectivity index (χ3v) is 2.24. The lowest BCUT2D eigenvalue weighted by molar-refractivity contribution is 0.452. The molecule has 2 atom stereocenters. The summed E-state index contributed by atoms with van der Waals surface area (Å²) in [6.45, 7) is 5.21. The summed E-state index contributed by atoms with van der Waals surface area (Å²) in [6, 6.07) is 0. The van der Waals surface area contributed by atoms with Crippen molar-refractivity contribution in [1.82, 2.24) is 0 Å². The Balaban J connectivity index is 2.48. The van der Waals surface area contributed by atoms with Crippen LogP contribution in [0.5, 0.6) is 0 Å². The number of rotatable bonds is 2. The molecule has 1 heterocycles. The van der Waals surface area contributed by atoms with E-state index < -0.39 is 0 Å². The van der Waals surface area contributed by atoms with E-state index in [2.05, 4.69) is 23.8 Å². The fourth-order valence-corrected chi connectivity index (χ4v) is 1.09. The highest BCUT2D eigenvalue weighted by Crippen LogP contribution is 2.15. The summed E-state index contributed by atoms with van der Waals surface area (Å²) >= 11 is 0. The first-order valence-corrected chi connectivity index (χ1v) is 4.08. The van der Waals surface area contributed by atoms with Crippen molar-refractivity contribution in [1.29, 1.82) is 0 Å². The van der Waals surface area contributed by atoms with E-state index in [0.717, 1.165) is 6.54 Å². The highest BCUT2D eigenvalue weighted by molar-refractivity contribution is 5.88. The van der Waals surface area contributed by atoms with Gasteiger partial charge in [0.05, 0.1) is 6.54 Å². The van der Waals surface area contributed by atoms with Gasteiger partial charge in [-0.3, -0.25) is 4.99 Å². The second-order valence-corrected chi connectivity index (χ2v) is 3.03. The van der Waals surface area contributed by atoms with Crippen LogP contribution in [-0.4, -0.2) is 18.7 Å². The topological polar surface area (TPSA) is 50.7 Å². The van der Waals surface area contributed by atoms with E-state index in [0.29, 0.717) is 17.8 Å². The zero-order chi connectivity index (χ0) is 8.27. The van der Waals surface area contributed by atoms with Gasteiger partial charge in [0.2, 0.25) is 5.96 Å². The second kappa shape index (κ2) is 3.51. The van der Waals surface area contributed by atoms with Crippen molar-refractivity contribution in [3.8, 4) is 0 Å². The van der Waals surface area contributed by atoms with Gasteiger partial charge in [0.25, 0.3) is 0 Å². The van der Waals surface area contributed by atoms with Gasteiger partial charge in [-0.25, -0.2) is 4.99 Å². The number of nitrogens with two attached hydrogens (primary N) is 1. The van der Waals surface area contributed by atoms with Crippen LogP contribution < -0.4 is 5.73 Å². The molecule has 0 saturated heterocycles. The van der Waals surface area contributed by atoms with Crippen LogP contribution in [0, 0.1) is 11.8 Å². The van der Waals surface area contributed by atoms with Crippen molar-refractivity contribution < 1.29 is 0 Å². The predicted molar refractivity (Wildman–Crippen MR) is 47.9 cm³/mol. The van der Waals surface area contributed by atoms with Gasteiger partial charge in [-0.2, -0.15) is 0 Å². The summed E-state index contributed by atoms with van der Waals surface area (Å²) in [4.78, 5) is 8.06. The van der Waals surface area contributed by atoms with E-state index in [-0.39, 0.29) is 0 Å². The van der Waals surface area contributed by atoms with Crippen LogP contribution in [0.3, 0.4) is 0 Å². The lowest BCUT2D eigenvalue weighted by atomic mass is 9.92. The van der Waals surface area contributed by atoms with Crippen molar-refractivity contribution >= 4 is 12.2 Å². The highest BCUT2D eigenvalue weighted by Gasteiger charge is 2.15. The van der Waals surface area contributed by atoms with E-state index in [1.165, 1.54) is 6.42 Å². The maximum Gasteiger partial charge on any atom is 0.214 e. The van der Waals surface area contributed by atoms with E-state index in [4.69, 9.17) is 5.73 Å². The first-order valence-electron chi connectivity index (χ1n) is 4.08. The third kappa shape index (κ3) is 2.03. The normalized spacial score (nSPS) is 26.4. The van der Waals surface area contributed by atoms with E-state index >= 15 is 0 Å². The standard InChI is InChI=1S/C8H15N3/c1-3-6(2)7-4-10-8(9)11-5-7/h4,6-7H,3,5H2,1-2H3,(H2,9,11)/t6-,7-/m1/s1. The Kier molecular flexibility index (Phi) is 2.63. The first-order chi connectivity index (χ1) is 5.24. The van der Waals surface area contributed by atoms with Crippen molar-refractivity contribution in [2.75, 3.05) is 6.54 Å². The number of hydrogen-bond donors (Lipinski definition) is 1. The predicted octanol–water partition coefficient (Wildman–Crippen LogP) is 1.05. The van der Waals surface area contributed by atoms with Crippen LogP contribution in [0.1, 0.15) is 20.3 Å². The van der Waals surface area contributed by atoms with Crippen LogP contribution in [0.4, 0.5) is 0 Å². The Bertz CT molecular complexity index is 184. The minimum absolute atomic E-state index is 0.421. The van der Waals surface area contributed by atoms with E-state index in [9.17, 15) is 0 Å². The van der Waals surface area contributed by atoms with Crippen LogP contribution in [0.2, 0.25) is 0 Å². The van der Waals surface area contributed by atoms with Crippen LogP contribution in [0.15, 0.2) is 9.98 Å². The SMILES string of the molecule is CC[C@@H](C)[C@@H]1C=NC(N)=NC1. The fourth-order valence-electron chi connectivity index (χ4n) is 1.09. The first kappa shape index (κ1) is 8.24. The molecule has 0 radical (unpaired) electrons. The van der Waals surface area contributed by atoms with Crippen LogP contribution in [0.25, 0.3) is 0 Å². The molecule has 0 aliphatic carbocycles. The van der Waals surface area contributed by atoms with Gasteiger partial charge < -0.3 is 5.73 Å². The van der Waals surface area contributed by atoms with Crippen molar-refractivity contribution in [3.63, 3.8) is 0 Å². The molecule has 62 valence electrons. The van der Waals surface area contributed by atoms with Gasteiger partial charge in [-0.15, -0.1) is 0 Å². The molecule has 0 amide bonds. The zero-order valence-corrected chi connectivity index (χ0v) is 7.12. The fraction of sp³-hybridized carbons (Fsp3) is 0.750. The summed E-state index contributed by atoms with van der Waals surface area (Å²) in [7, 11) is 0. The Morgan fingerprint density at radius 2 is 2.55 bits per heavy atom. The Morgan fingerprint density at radius 3 is 3.00 bits per heavy atom. The van der Waals surface area contributed by atoms with Gasteiger partial charge in [0.15, 0.2) is 0 Å². The average Bonchev–Trinajstić information content (AvgIpc) is 2.05. The molecule has 0 saturated carbocycles.